The van der Waals surface area contributed by atoms with Crippen molar-refractivity contribution in [2.75, 3.05) is 0 Å². The van der Waals surface area contributed by atoms with Gasteiger partial charge in [0.1, 0.15) is 5.69 Å². The lowest BCUT2D eigenvalue weighted by Crippen LogP contribution is -2.45. The van der Waals surface area contributed by atoms with E-state index in [1.54, 1.807) is 6.07 Å². The summed E-state index contributed by atoms with van der Waals surface area (Å²) >= 11 is 0. The number of hydrogen-bond acceptors (Lipinski definition) is 5. The Balaban J connectivity index is 2.02. The third-order valence-corrected chi connectivity index (χ3v) is 3.45. The lowest BCUT2D eigenvalue weighted by Gasteiger charge is -2.28. The third-order valence-electron chi connectivity index (χ3n) is 3.45. The number of carbonyl (C=O) groups is 1. The molecule has 7 heteroatoms. The van der Waals surface area contributed by atoms with Gasteiger partial charge in [0.2, 0.25) is 0 Å². The number of pyridine rings is 1. The number of amidine groups is 1. The van der Waals surface area contributed by atoms with Crippen molar-refractivity contribution in [3.05, 3.63) is 29.6 Å². The predicted molar refractivity (Wildman–Crippen MR) is 72.5 cm³/mol. The van der Waals surface area contributed by atoms with E-state index in [-0.39, 0.29) is 23.5 Å². The zero-order chi connectivity index (χ0) is 14.5. The fraction of sp³-hybridized carbons (Fsp3) is 0.462. The standard InChI is InChI=1S/C13H18N4O3/c14-12(17-20)8-5-6-10(15-7-8)13(19)16-9-3-1-2-4-11(9)18/h5-7,9,11,18,20H,1-4H2,(H2,14,17)(H,16,19). The molecule has 1 aromatic heterocycles. The Morgan fingerprint density at radius 2 is 2.15 bits per heavy atom. The highest BCUT2D eigenvalue weighted by atomic mass is 16.4. The van der Waals surface area contributed by atoms with Crippen molar-refractivity contribution in [1.82, 2.24) is 10.3 Å². The number of carbonyl (C=O) groups excluding carboxylic acids is 1. The van der Waals surface area contributed by atoms with Crippen molar-refractivity contribution in [2.45, 2.75) is 37.8 Å². The average molecular weight is 278 g/mol. The lowest BCUT2D eigenvalue weighted by molar-refractivity contribution is 0.0714. The van der Waals surface area contributed by atoms with E-state index in [2.05, 4.69) is 15.5 Å². The smallest absolute Gasteiger partial charge is 0.270 e. The molecule has 0 aliphatic heterocycles. The minimum absolute atomic E-state index is 0.0628. The molecule has 0 spiro atoms. The Morgan fingerprint density at radius 1 is 1.40 bits per heavy atom. The Kier molecular flexibility index (Phi) is 4.52. The number of aliphatic hydroxyl groups excluding tert-OH is 1. The predicted octanol–water partition coefficient (Wildman–Crippen LogP) is 0.209. The van der Waals surface area contributed by atoms with Crippen molar-refractivity contribution in [3.63, 3.8) is 0 Å². The second-order valence-corrected chi connectivity index (χ2v) is 4.85. The monoisotopic (exact) mass is 278 g/mol. The second-order valence-electron chi connectivity index (χ2n) is 4.85. The summed E-state index contributed by atoms with van der Waals surface area (Å²) in [5.74, 6) is -0.394. The van der Waals surface area contributed by atoms with E-state index < -0.39 is 6.10 Å². The van der Waals surface area contributed by atoms with E-state index in [0.717, 1.165) is 19.3 Å². The van der Waals surface area contributed by atoms with Crippen molar-refractivity contribution >= 4 is 11.7 Å². The molecule has 2 rings (SSSR count). The van der Waals surface area contributed by atoms with Gasteiger partial charge in [-0.2, -0.15) is 0 Å². The Labute approximate surface area is 116 Å². The average Bonchev–Trinajstić information content (AvgIpc) is 2.49. The van der Waals surface area contributed by atoms with Crippen LogP contribution in [0.1, 0.15) is 41.7 Å². The zero-order valence-corrected chi connectivity index (χ0v) is 11.0. The zero-order valence-electron chi connectivity index (χ0n) is 11.0. The Hall–Kier alpha value is -2.15. The van der Waals surface area contributed by atoms with Gasteiger partial charge in [-0.3, -0.25) is 9.78 Å². The number of nitrogens with zero attached hydrogens (tertiary/aromatic N) is 2. The Morgan fingerprint density at radius 3 is 2.75 bits per heavy atom. The molecule has 0 saturated heterocycles. The van der Waals surface area contributed by atoms with Crippen molar-refractivity contribution in [2.24, 2.45) is 10.9 Å². The van der Waals surface area contributed by atoms with Crippen LogP contribution in [0.15, 0.2) is 23.5 Å². The van der Waals surface area contributed by atoms with E-state index in [0.29, 0.717) is 12.0 Å². The van der Waals surface area contributed by atoms with Crippen LogP contribution in [0.4, 0.5) is 0 Å². The van der Waals surface area contributed by atoms with Crippen LogP contribution in [0.5, 0.6) is 0 Å². The van der Waals surface area contributed by atoms with Gasteiger partial charge < -0.3 is 21.4 Å². The minimum Gasteiger partial charge on any atom is -0.409 e. The number of rotatable bonds is 3. The number of oxime groups is 1. The largest absolute Gasteiger partial charge is 0.409 e. The number of nitrogens with one attached hydrogen (secondary N) is 1. The molecule has 0 radical (unpaired) electrons. The number of aliphatic hydroxyl groups is 1. The number of hydrogen-bond donors (Lipinski definition) is 4. The maximum atomic E-state index is 12.0. The molecule has 1 saturated carbocycles. The summed E-state index contributed by atoms with van der Waals surface area (Å²) in [5.41, 5.74) is 6.08. The molecule has 7 nitrogen and oxygen atoms in total. The molecule has 1 aliphatic rings. The number of nitrogens with two attached hydrogens (primary N) is 1. The molecule has 20 heavy (non-hydrogen) atoms. The molecule has 1 aliphatic carbocycles. The SMILES string of the molecule is NC(=NO)c1ccc(C(=O)NC2CCCCC2O)nc1. The van der Waals surface area contributed by atoms with Crippen LogP contribution >= 0.6 is 0 Å². The fourth-order valence-electron chi connectivity index (χ4n) is 2.26. The Bertz CT molecular complexity index is 501. The maximum Gasteiger partial charge on any atom is 0.270 e. The second kappa shape index (κ2) is 6.33. The first-order chi connectivity index (χ1) is 9.61. The van der Waals surface area contributed by atoms with Crippen LogP contribution in [0.3, 0.4) is 0 Å². The molecule has 5 N–H and O–H groups in total. The maximum absolute atomic E-state index is 12.0. The summed E-state index contributed by atoms with van der Waals surface area (Å²) in [6.07, 6.45) is 4.33. The van der Waals surface area contributed by atoms with Crippen LogP contribution < -0.4 is 11.1 Å². The van der Waals surface area contributed by atoms with Gasteiger partial charge in [-0.15, -0.1) is 0 Å². The fourth-order valence-corrected chi connectivity index (χ4v) is 2.26. The molecule has 0 bridgehead atoms. The number of aromatic nitrogens is 1. The van der Waals surface area contributed by atoms with Gasteiger partial charge in [0.05, 0.1) is 12.1 Å². The molecular weight excluding hydrogens is 260 g/mol. The quantitative estimate of drug-likeness (QED) is 0.272. The van der Waals surface area contributed by atoms with Gasteiger partial charge >= 0.3 is 0 Å². The van der Waals surface area contributed by atoms with E-state index in [1.807, 2.05) is 0 Å². The van der Waals surface area contributed by atoms with Gasteiger partial charge in [-0.1, -0.05) is 18.0 Å². The third kappa shape index (κ3) is 3.24. The van der Waals surface area contributed by atoms with Gasteiger partial charge in [0.25, 0.3) is 5.91 Å². The molecule has 1 amide bonds. The van der Waals surface area contributed by atoms with Crippen LogP contribution in [-0.2, 0) is 0 Å². The summed E-state index contributed by atoms with van der Waals surface area (Å²) in [7, 11) is 0. The summed E-state index contributed by atoms with van der Waals surface area (Å²) in [4.78, 5) is 16.0. The van der Waals surface area contributed by atoms with Crippen LogP contribution in [0.2, 0.25) is 0 Å². The van der Waals surface area contributed by atoms with E-state index in [1.165, 1.54) is 12.3 Å². The van der Waals surface area contributed by atoms with Gasteiger partial charge in [-0.25, -0.2) is 0 Å². The molecule has 1 fully saturated rings. The van der Waals surface area contributed by atoms with E-state index >= 15 is 0 Å². The molecule has 108 valence electrons. The highest BCUT2D eigenvalue weighted by molar-refractivity contribution is 5.98. The summed E-state index contributed by atoms with van der Waals surface area (Å²) < 4.78 is 0. The molecular formula is C13H18N4O3. The first-order valence-electron chi connectivity index (χ1n) is 6.54. The van der Waals surface area contributed by atoms with Gasteiger partial charge in [0.15, 0.2) is 5.84 Å². The van der Waals surface area contributed by atoms with Crippen molar-refractivity contribution in [1.29, 1.82) is 0 Å². The van der Waals surface area contributed by atoms with Gasteiger partial charge in [0, 0.05) is 11.8 Å². The normalized spacial score (nSPS) is 23.4. The van der Waals surface area contributed by atoms with Crippen LogP contribution in [0, 0.1) is 0 Å². The van der Waals surface area contributed by atoms with Gasteiger partial charge in [-0.05, 0) is 25.0 Å². The summed E-state index contributed by atoms with van der Waals surface area (Å²) in [6, 6.07) is 2.83. The van der Waals surface area contributed by atoms with Crippen molar-refractivity contribution in [3.8, 4) is 0 Å². The minimum atomic E-state index is -0.496. The lowest BCUT2D eigenvalue weighted by atomic mass is 9.92. The molecule has 1 aromatic rings. The molecule has 2 atom stereocenters. The van der Waals surface area contributed by atoms with E-state index in [4.69, 9.17) is 10.9 Å². The first kappa shape index (κ1) is 14.3. The van der Waals surface area contributed by atoms with E-state index in [9.17, 15) is 9.90 Å². The van der Waals surface area contributed by atoms with Crippen LogP contribution in [0.25, 0.3) is 0 Å². The summed E-state index contributed by atoms with van der Waals surface area (Å²) in [6.45, 7) is 0. The highest BCUT2D eigenvalue weighted by Crippen LogP contribution is 2.18. The van der Waals surface area contributed by atoms with Crippen LogP contribution in [-0.4, -0.2) is 39.2 Å². The number of amides is 1. The summed E-state index contributed by atoms with van der Waals surface area (Å²) in [5, 5.41) is 24.0. The first-order valence-corrected chi connectivity index (χ1v) is 6.54. The molecule has 0 aromatic carbocycles. The molecule has 1 heterocycles. The topological polar surface area (TPSA) is 121 Å². The molecule has 2 unspecified atom stereocenters. The van der Waals surface area contributed by atoms with Crippen molar-refractivity contribution < 1.29 is 15.1 Å². The highest BCUT2D eigenvalue weighted by Gasteiger charge is 2.25.